The predicted octanol–water partition coefficient (Wildman–Crippen LogP) is 2.36. The highest BCUT2D eigenvalue weighted by Gasteiger charge is 2.27. The second kappa shape index (κ2) is 9.69. The first-order valence-corrected chi connectivity index (χ1v) is 9.60. The number of hydrogen-bond acceptors (Lipinski definition) is 5. The van der Waals surface area contributed by atoms with Crippen LogP contribution in [-0.2, 0) is 30.6 Å². The first-order valence-electron chi connectivity index (χ1n) is 9.60. The SMILES string of the molecule is Cc1ccc(C(=O)N2CCc3oc(CCc4ccccc4)nc3C2)c(=O)[nH]1.O=CO. The molecule has 1 aliphatic rings. The number of hydrogen-bond donors (Lipinski definition) is 2. The van der Waals surface area contributed by atoms with Crippen molar-refractivity contribution >= 4 is 12.4 Å². The van der Waals surface area contributed by atoms with Crippen molar-refractivity contribution in [1.82, 2.24) is 14.9 Å². The molecule has 30 heavy (non-hydrogen) atoms. The highest BCUT2D eigenvalue weighted by Crippen LogP contribution is 2.21. The number of carbonyl (C=O) groups excluding carboxylic acids is 1. The van der Waals surface area contributed by atoms with Crippen LogP contribution < -0.4 is 5.56 Å². The molecule has 2 aromatic heterocycles. The van der Waals surface area contributed by atoms with Gasteiger partial charge in [0.1, 0.15) is 17.0 Å². The summed E-state index contributed by atoms with van der Waals surface area (Å²) in [5.74, 6) is 1.28. The first-order chi connectivity index (χ1) is 14.5. The van der Waals surface area contributed by atoms with Crippen LogP contribution in [0.1, 0.15) is 39.0 Å². The monoisotopic (exact) mass is 409 g/mol. The molecule has 8 heteroatoms. The second-order valence-electron chi connectivity index (χ2n) is 6.93. The normalized spacial score (nSPS) is 12.5. The summed E-state index contributed by atoms with van der Waals surface area (Å²) in [5.41, 5.74) is 2.58. The Kier molecular flexibility index (Phi) is 6.79. The lowest BCUT2D eigenvalue weighted by Gasteiger charge is -2.25. The number of nitrogens with zero attached hydrogens (tertiary/aromatic N) is 2. The molecule has 0 saturated heterocycles. The van der Waals surface area contributed by atoms with E-state index >= 15 is 0 Å². The van der Waals surface area contributed by atoms with Gasteiger partial charge in [0.05, 0.1) is 6.54 Å². The lowest BCUT2D eigenvalue weighted by Crippen LogP contribution is -2.38. The number of rotatable bonds is 4. The Morgan fingerprint density at radius 1 is 1.23 bits per heavy atom. The quantitative estimate of drug-likeness (QED) is 0.639. The van der Waals surface area contributed by atoms with Crippen LogP contribution in [0.5, 0.6) is 0 Å². The van der Waals surface area contributed by atoms with E-state index in [1.165, 1.54) is 5.56 Å². The zero-order chi connectivity index (χ0) is 21.5. The number of benzene rings is 1. The smallest absolute Gasteiger partial charge is 0.290 e. The van der Waals surface area contributed by atoms with Gasteiger partial charge < -0.3 is 19.4 Å². The van der Waals surface area contributed by atoms with Gasteiger partial charge in [-0.1, -0.05) is 30.3 Å². The Hall–Kier alpha value is -3.68. The second-order valence-corrected chi connectivity index (χ2v) is 6.93. The van der Waals surface area contributed by atoms with E-state index < -0.39 is 0 Å². The molecule has 0 radical (unpaired) electrons. The summed E-state index contributed by atoms with van der Waals surface area (Å²) in [5, 5.41) is 6.89. The number of H-pyrrole nitrogens is 1. The van der Waals surface area contributed by atoms with Crippen LogP contribution in [0, 0.1) is 6.92 Å². The summed E-state index contributed by atoms with van der Waals surface area (Å²) in [6.45, 7) is 2.43. The molecule has 1 aromatic carbocycles. The molecule has 0 saturated carbocycles. The highest BCUT2D eigenvalue weighted by molar-refractivity contribution is 5.93. The molecule has 0 bridgehead atoms. The zero-order valence-electron chi connectivity index (χ0n) is 16.6. The summed E-state index contributed by atoms with van der Waals surface area (Å²) < 4.78 is 5.88. The third kappa shape index (κ3) is 5.02. The Morgan fingerprint density at radius 2 is 1.97 bits per heavy atom. The van der Waals surface area contributed by atoms with Gasteiger partial charge in [-0.15, -0.1) is 0 Å². The summed E-state index contributed by atoms with van der Waals surface area (Å²) in [6.07, 6.45) is 2.20. The number of amides is 1. The van der Waals surface area contributed by atoms with Gasteiger partial charge in [-0.05, 0) is 31.0 Å². The number of aromatic nitrogens is 2. The van der Waals surface area contributed by atoms with E-state index in [4.69, 9.17) is 14.3 Å². The Morgan fingerprint density at radius 3 is 2.67 bits per heavy atom. The number of oxazole rings is 1. The fourth-order valence-electron chi connectivity index (χ4n) is 3.34. The maximum atomic E-state index is 12.7. The summed E-state index contributed by atoms with van der Waals surface area (Å²) in [4.78, 5) is 42.0. The van der Waals surface area contributed by atoms with Crippen molar-refractivity contribution in [3.05, 3.63) is 87.0 Å². The summed E-state index contributed by atoms with van der Waals surface area (Å²) in [7, 11) is 0. The van der Waals surface area contributed by atoms with E-state index in [0.717, 1.165) is 30.0 Å². The molecule has 0 fully saturated rings. The van der Waals surface area contributed by atoms with E-state index in [1.54, 1.807) is 24.0 Å². The van der Waals surface area contributed by atoms with Crippen LogP contribution in [0.15, 0.2) is 51.7 Å². The van der Waals surface area contributed by atoms with Gasteiger partial charge in [-0.25, -0.2) is 4.98 Å². The van der Waals surface area contributed by atoms with Crippen molar-refractivity contribution < 1.29 is 19.1 Å². The minimum absolute atomic E-state index is 0.164. The van der Waals surface area contributed by atoms with Gasteiger partial charge in [0, 0.05) is 25.1 Å². The van der Waals surface area contributed by atoms with E-state index in [0.29, 0.717) is 25.4 Å². The van der Waals surface area contributed by atoms with Crippen LogP contribution in [0.4, 0.5) is 0 Å². The molecular weight excluding hydrogens is 386 g/mol. The topological polar surface area (TPSA) is 117 Å². The average molecular weight is 409 g/mol. The first kappa shape index (κ1) is 21.0. The van der Waals surface area contributed by atoms with Crippen LogP contribution in [0.2, 0.25) is 0 Å². The third-order valence-corrected chi connectivity index (χ3v) is 4.82. The molecule has 156 valence electrons. The van der Waals surface area contributed by atoms with Crippen LogP contribution in [-0.4, -0.2) is 38.9 Å². The lowest BCUT2D eigenvalue weighted by molar-refractivity contribution is -0.122. The number of fused-ring (bicyclic) bond motifs is 1. The molecule has 8 nitrogen and oxygen atoms in total. The minimum atomic E-state index is -0.352. The molecule has 0 atom stereocenters. The molecule has 3 heterocycles. The van der Waals surface area contributed by atoms with Crippen LogP contribution in [0.3, 0.4) is 0 Å². The van der Waals surface area contributed by atoms with Crippen molar-refractivity contribution in [2.24, 2.45) is 0 Å². The number of pyridine rings is 1. The highest BCUT2D eigenvalue weighted by atomic mass is 16.4. The largest absolute Gasteiger partial charge is 0.483 e. The van der Waals surface area contributed by atoms with Gasteiger partial charge in [0.25, 0.3) is 17.9 Å². The number of carboxylic acid groups (broad SMARTS) is 1. The predicted molar refractivity (Wildman–Crippen MR) is 109 cm³/mol. The fourth-order valence-corrected chi connectivity index (χ4v) is 3.34. The molecule has 4 rings (SSSR count). The van der Waals surface area contributed by atoms with E-state index in [-0.39, 0.29) is 23.5 Å². The van der Waals surface area contributed by atoms with Crippen molar-refractivity contribution in [2.45, 2.75) is 32.7 Å². The molecule has 0 aliphatic carbocycles. The molecule has 1 amide bonds. The van der Waals surface area contributed by atoms with Crippen LogP contribution in [0.25, 0.3) is 0 Å². The molecule has 1 aliphatic heterocycles. The lowest BCUT2D eigenvalue weighted by atomic mass is 10.1. The molecule has 0 unspecified atom stereocenters. The van der Waals surface area contributed by atoms with Gasteiger partial charge >= 0.3 is 0 Å². The van der Waals surface area contributed by atoms with Crippen molar-refractivity contribution in [2.75, 3.05) is 6.54 Å². The Labute approximate surface area is 173 Å². The fraction of sp³-hybridized carbons (Fsp3) is 0.273. The van der Waals surface area contributed by atoms with E-state index in [2.05, 4.69) is 22.1 Å². The van der Waals surface area contributed by atoms with Crippen LogP contribution >= 0.6 is 0 Å². The Bertz CT molecular complexity index is 1070. The third-order valence-electron chi connectivity index (χ3n) is 4.82. The average Bonchev–Trinajstić information content (AvgIpc) is 3.15. The maximum absolute atomic E-state index is 12.7. The van der Waals surface area contributed by atoms with Crippen molar-refractivity contribution in [3.63, 3.8) is 0 Å². The molecule has 3 aromatic rings. The standard InChI is InChI=1S/C21H21N3O3.CH2O2/c1-14-7-9-16(20(25)22-14)21(26)24-12-11-18-17(13-24)23-19(27-18)10-8-15-5-3-2-4-6-15;2-1-3/h2-7,9H,8,10-13H2,1H3,(H,22,25);1H,(H,2,3). The summed E-state index contributed by atoms with van der Waals surface area (Å²) in [6, 6.07) is 13.5. The van der Waals surface area contributed by atoms with Crippen molar-refractivity contribution in [3.8, 4) is 0 Å². The van der Waals surface area contributed by atoms with Crippen molar-refractivity contribution in [1.29, 1.82) is 0 Å². The van der Waals surface area contributed by atoms with Gasteiger partial charge in [0.15, 0.2) is 5.89 Å². The number of aryl methyl sites for hydroxylation is 3. The molecule has 2 N–H and O–H groups in total. The Balaban J connectivity index is 0.000000806. The van der Waals surface area contributed by atoms with E-state index in [9.17, 15) is 9.59 Å². The number of carbonyl (C=O) groups is 2. The maximum Gasteiger partial charge on any atom is 0.290 e. The summed E-state index contributed by atoms with van der Waals surface area (Å²) >= 11 is 0. The zero-order valence-corrected chi connectivity index (χ0v) is 16.6. The molecule has 0 spiro atoms. The minimum Gasteiger partial charge on any atom is -0.483 e. The van der Waals surface area contributed by atoms with Gasteiger partial charge in [-0.2, -0.15) is 0 Å². The number of nitrogens with one attached hydrogen (secondary N) is 1. The van der Waals surface area contributed by atoms with Gasteiger partial charge in [0.2, 0.25) is 0 Å². The molecular formula is C22H23N3O5. The van der Waals surface area contributed by atoms with Gasteiger partial charge in [-0.3, -0.25) is 14.4 Å². The van der Waals surface area contributed by atoms with E-state index in [1.807, 2.05) is 18.2 Å². The number of aromatic amines is 1.